The Hall–Kier alpha value is -2.68. The lowest BCUT2D eigenvalue weighted by molar-refractivity contribution is -0.135. The first-order valence-electron chi connectivity index (χ1n) is 11.3. The third-order valence-corrected chi connectivity index (χ3v) is 7.27. The van der Waals surface area contributed by atoms with E-state index in [2.05, 4.69) is 33.9 Å². The van der Waals surface area contributed by atoms with Crippen LogP contribution in [0, 0.1) is 0 Å². The van der Waals surface area contributed by atoms with Crippen LogP contribution in [-0.2, 0) is 14.8 Å². The third-order valence-electron chi connectivity index (χ3n) is 5.66. The molecule has 1 heterocycles. The van der Waals surface area contributed by atoms with Crippen molar-refractivity contribution in [2.75, 3.05) is 39.3 Å². The second-order valence-electron chi connectivity index (χ2n) is 8.19. The van der Waals surface area contributed by atoms with Gasteiger partial charge in [0.1, 0.15) is 5.75 Å². The van der Waals surface area contributed by atoms with Crippen molar-refractivity contribution >= 4 is 22.0 Å². The standard InChI is InChI=1S/C25H33N3O4S/c1-3-21(2)26-33(30,31)24-13-11-23(12-14-24)32-20-25(29)28-18-16-27(17-19-28)15-7-10-22-8-5-4-6-9-22/h4-14,21,26H,3,15-20H2,1-2H3/b10-7+/t21-/m0/s1. The second-order valence-corrected chi connectivity index (χ2v) is 9.90. The van der Waals surface area contributed by atoms with Crippen LogP contribution in [0.1, 0.15) is 25.8 Å². The molecule has 2 aromatic carbocycles. The van der Waals surface area contributed by atoms with Crippen molar-refractivity contribution in [2.24, 2.45) is 0 Å². The van der Waals surface area contributed by atoms with Crippen LogP contribution in [0.15, 0.2) is 65.6 Å². The van der Waals surface area contributed by atoms with Crippen LogP contribution in [0.4, 0.5) is 0 Å². The van der Waals surface area contributed by atoms with Gasteiger partial charge >= 0.3 is 0 Å². The summed E-state index contributed by atoms with van der Waals surface area (Å²) in [6.07, 6.45) is 4.97. The Balaban J connectivity index is 1.41. The maximum absolute atomic E-state index is 12.5. The maximum atomic E-state index is 12.5. The van der Waals surface area contributed by atoms with Crippen molar-refractivity contribution in [3.63, 3.8) is 0 Å². The minimum absolute atomic E-state index is 0.0644. The highest BCUT2D eigenvalue weighted by Crippen LogP contribution is 2.17. The first-order chi connectivity index (χ1) is 15.9. The summed E-state index contributed by atoms with van der Waals surface area (Å²) in [5.41, 5.74) is 1.18. The average molecular weight is 472 g/mol. The Labute approximate surface area is 197 Å². The Morgan fingerprint density at radius 1 is 1.06 bits per heavy atom. The van der Waals surface area contributed by atoms with Crippen LogP contribution in [0.2, 0.25) is 0 Å². The largest absolute Gasteiger partial charge is 0.484 e. The Bertz CT molecular complexity index is 1020. The van der Waals surface area contributed by atoms with E-state index >= 15 is 0 Å². The molecule has 3 rings (SSSR count). The summed E-state index contributed by atoms with van der Waals surface area (Å²) in [5.74, 6) is 0.403. The molecule has 1 saturated heterocycles. The highest BCUT2D eigenvalue weighted by molar-refractivity contribution is 7.89. The zero-order valence-corrected chi connectivity index (χ0v) is 20.1. The van der Waals surface area contributed by atoms with Crippen molar-refractivity contribution in [3.05, 3.63) is 66.2 Å². The number of carbonyl (C=O) groups excluding carboxylic acids is 1. The Morgan fingerprint density at radius 3 is 2.36 bits per heavy atom. The molecule has 0 bridgehead atoms. The van der Waals surface area contributed by atoms with Gasteiger partial charge in [-0.2, -0.15) is 0 Å². The Kier molecular flexibility index (Phi) is 9.05. The van der Waals surface area contributed by atoms with E-state index in [1.807, 2.05) is 36.9 Å². The Morgan fingerprint density at radius 2 is 1.73 bits per heavy atom. The van der Waals surface area contributed by atoms with Crippen LogP contribution in [-0.4, -0.2) is 69.5 Å². The smallest absolute Gasteiger partial charge is 0.260 e. The van der Waals surface area contributed by atoms with Gasteiger partial charge in [-0.25, -0.2) is 13.1 Å². The van der Waals surface area contributed by atoms with Gasteiger partial charge in [-0.15, -0.1) is 0 Å². The number of hydrogen-bond donors (Lipinski definition) is 1. The zero-order chi connectivity index (χ0) is 23.7. The van der Waals surface area contributed by atoms with E-state index in [1.165, 1.54) is 17.7 Å². The molecule has 1 atom stereocenters. The van der Waals surface area contributed by atoms with E-state index in [-0.39, 0.29) is 23.5 Å². The van der Waals surface area contributed by atoms with E-state index in [0.717, 1.165) is 19.6 Å². The number of nitrogens with one attached hydrogen (secondary N) is 1. The molecule has 1 fully saturated rings. The lowest BCUT2D eigenvalue weighted by Gasteiger charge is -2.34. The van der Waals surface area contributed by atoms with Crippen LogP contribution >= 0.6 is 0 Å². The quantitative estimate of drug-likeness (QED) is 0.576. The topological polar surface area (TPSA) is 78.9 Å². The van der Waals surface area contributed by atoms with Crippen LogP contribution < -0.4 is 9.46 Å². The predicted octanol–water partition coefficient (Wildman–Crippen LogP) is 3.00. The minimum Gasteiger partial charge on any atom is -0.484 e. The van der Waals surface area contributed by atoms with Crippen molar-refractivity contribution in [3.8, 4) is 5.75 Å². The minimum atomic E-state index is -3.55. The summed E-state index contributed by atoms with van der Waals surface area (Å²) in [5, 5.41) is 0. The molecule has 0 radical (unpaired) electrons. The number of sulfonamides is 1. The highest BCUT2D eigenvalue weighted by Gasteiger charge is 2.21. The van der Waals surface area contributed by atoms with E-state index in [0.29, 0.717) is 25.3 Å². The molecule has 0 saturated carbocycles. The molecule has 178 valence electrons. The van der Waals surface area contributed by atoms with Gasteiger partial charge in [0.2, 0.25) is 10.0 Å². The molecule has 1 aliphatic rings. The number of amides is 1. The lowest BCUT2D eigenvalue weighted by atomic mass is 10.2. The van der Waals surface area contributed by atoms with Gasteiger partial charge in [-0.05, 0) is 43.2 Å². The number of piperazine rings is 1. The van der Waals surface area contributed by atoms with E-state index in [9.17, 15) is 13.2 Å². The normalized spacial score (nSPS) is 16.1. The van der Waals surface area contributed by atoms with Crippen molar-refractivity contribution < 1.29 is 17.9 Å². The first-order valence-corrected chi connectivity index (χ1v) is 12.8. The van der Waals surface area contributed by atoms with Crippen LogP contribution in [0.25, 0.3) is 6.08 Å². The molecular formula is C25H33N3O4S. The molecule has 7 nitrogen and oxygen atoms in total. The van der Waals surface area contributed by atoms with Gasteiger partial charge in [0.05, 0.1) is 4.90 Å². The van der Waals surface area contributed by atoms with Gasteiger partial charge < -0.3 is 9.64 Å². The molecular weight excluding hydrogens is 438 g/mol. The summed E-state index contributed by atoms with van der Waals surface area (Å²) in [6.45, 7) is 7.51. The van der Waals surface area contributed by atoms with Gasteiger partial charge in [0.25, 0.3) is 5.91 Å². The van der Waals surface area contributed by atoms with Gasteiger partial charge in [0.15, 0.2) is 6.61 Å². The zero-order valence-electron chi connectivity index (χ0n) is 19.3. The van der Waals surface area contributed by atoms with Gasteiger partial charge in [-0.1, -0.05) is 49.4 Å². The molecule has 1 N–H and O–H groups in total. The molecule has 0 unspecified atom stereocenters. The highest BCUT2D eigenvalue weighted by atomic mass is 32.2. The van der Waals surface area contributed by atoms with Crippen molar-refractivity contribution in [1.82, 2.24) is 14.5 Å². The monoisotopic (exact) mass is 471 g/mol. The molecule has 0 aromatic heterocycles. The van der Waals surface area contributed by atoms with Crippen LogP contribution in [0.3, 0.4) is 0 Å². The number of rotatable bonds is 10. The molecule has 1 aliphatic heterocycles. The van der Waals surface area contributed by atoms with E-state index in [1.54, 1.807) is 12.1 Å². The number of carbonyl (C=O) groups is 1. The lowest BCUT2D eigenvalue weighted by Crippen LogP contribution is -2.49. The summed E-state index contributed by atoms with van der Waals surface area (Å²) >= 11 is 0. The molecule has 8 heteroatoms. The summed E-state index contributed by atoms with van der Waals surface area (Å²) in [4.78, 5) is 16.8. The predicted molar refractivity (Wildman–Crippen MR) is 131 cm³/mol. The van der Waals surface area contributed by atoms with Gasteiger partial charge in [-0.3, -0.25) is 9.69 Å². The molecule has 0 spiro atoms. The second kappa shape index (κ2) is 12.0. The summed E-state index contributed by atoms with van der Waals surface area (Å²) < 4.78 is 32.9. The SMILES string of the molecule is CC[C@H](C)NS(=O)(=O)c1ccc(OCC(=O)N2CCN(C/C=C/c3ccccc3)CC2)cc1. The summed E-state index contributed by atoms with van der Waals surface area (Å²) in [6, 6.07) is 16.2. The third kappa shape index (κ3) is 7.70. The van der Waals surface area contributed by atoms with E-state index in [4.69, 9.17) is 4.74 Å². The fraction of sp³-hybridized carbons (Fsp3) is 0.400. The molecule has 33 heavy (non-hydrogen) atoms. The molecule has 1 amide bonds. The van der Waals surface area contributed by atoms with Crippen LogP contribution in [0.5, 0.6) is 5.75 Å². The maximum Gasteiger partial charge on any atom is 0.260 e. The number of nitrogens with zero attached hydrogens (tertiary/aromatic N) is 2. The number of hydrogen-bond acceptors (Lipinski definition) is 5. The van der Waals surface area contributed by atoms with E-state index < -0.39 is 10.0 Å². The summed E-state index contributed by atoms with van der Waals surface area (Å²) in [7, 11) is -3.55. The molecule has 0 aliphatic carbocycles. The fourth-order valence-corrected chi connectivity index (χ4v) is 4.78. The average Bonchev–Trinajstić information content (AvgIpc) is 2.83. The molecule has 2 aromatic rings. The first kappa shape index (κ1) is 25.0. The van der Waals surface area contributed by atoms with Crippen molar-refractivity contribution in [1.29, 1.82) is 0 Å². The number of ether oxygens (including phenoxy) is 1. The van der Waals surface area contributed by atoms with Gasteiger partial charge in [0, 0.05) is 38.8 Å². The fourth-order valence-electron chi connectivity index (χ4n) is 3.45. The van der Waals surface area contributed by atoms with Crippen molar-refractivity contribution in [2.45, 2.75) is 31.2 Å². The number of benzene rings is 2.